The molecule has 4 nitrogen and oxygen atoms in total. The van der Waals surface area contributed by atoms with Gasteiger partial charge in [0.1, 0.15) is 0 Å². The standard InChI is InChI=1S/C9H17NO3/c1-3-13-7-4-9(5-7,10-2)6-8(11)12/h7,10H,3-6H2,1-2H3,(H,11,12). The maximum Gasteiger partial charge on any atom is 0.305 e. The molecule has 0 radical (unpaired) electrons. The van der Waals surface area contributed by atoms with E-state index in [1.54, 1.807) is 0 Å². The first-order valence-corrected chi connectivity index (χ1v) is 4.64. The molecule has 0 aliphatic heterocycles. The number of carboxylic acids is 1. The average Bonchev–Trinajstić information content (AvgIpc) is 1.99. The maximum absolute atomic E-state index is 10.6. The van der Waals surface area contributed by atoms with Crippen molar-refractivity contribution in [3.63, 3.8) is 0 Å². The molecule has 0 saturated heterocycles. The van der Waals surface area contributed by atoms with Crippen LogP contribution in [0, 0.1) is 0 Å². The normalized spacial score (nSPS) is 32.6. The van der Waals surface area contributed by atoms with Gasteiger partial charge in [-0.2, -0.15) is 0 Å². The van der Waals surface area contributed by atoms with Gasteiger partial charge in [0.25, 0.3) is 0 Å². The molecule has 1 rings (SSSR count). The lowest BCUT2D eigenvalue weighted by atomic mass is 9.72. The van der Waals surface area contributed by atoms with Gasteiger partial charge in [0.15, 0.2) is 0 Å². The Kier molecular flexibility index (Phi) is 3.27. The summed E-state index contributed by atoms with van der Waals surface area (Å²) in [5.41, 5.74) is -0.217. The minimum Gasteiger partial charge on any atom is -0.481 e. The molecule has 0 heterocycles. The largest absolute Gasteiger partial charge is 0.481 e. The molecule has 0 unspecified atom stereocenters. The van der Waals surface area contributed by atoms with Gasteiger partial charge in [-0.25, -0.2) is 0 Å². The molecule has 2 N–H and O–H groups in total. The van der Waals surface area contributed by atoms with E-state index < -0.39 is 5.97 Å². The first-order valence-electron chi connectivity index (χ1n) is 4.64. The van der Waals surface area contributed by atoms with Gasteiger partial charge < -0.3 is 15.2 Å². The highest BCUT2D eigenvalue weighted by molar-refractivity contribution is 5.68. The SMILES string of the molecule is CCOC1CC(CC(=O)O)(NC)C1. The number of carbonyl (C=O) groups is 1. The van der Waals surface area contributed by atoms with Crippen LogP contribution in [0.4, 0.5) is 0 Å². The smallest absolute Gasteiger partial charge is 0.305 e. The number of carboxylic acid groups (broad SMARTS) is 1. The van der Waals surface area contributed by atoms with Gasteiger partial charge in [-0.1, -0.05) is 0 Å². The number of nitrogens with one attached hydrogen (secondary N) is 1. The molecule has 1 saturated carbocycles. The molecule has 0 amide bonds. The lowest BCUT2D eigenvalue weighted by molar-refractivity contribution is -0.142. The van der Waals surface area contributed by atoms with Gasteiger partial charge in [0, 0.05) is 12.1 Å². The predicted molar refractivity (Wildman–Crippen MR) is 48.7 cm³/mol. The van der Waals surface area contributed by atoms with Crippen molar-refractivity contribution in [2.75, 3.05) is 13.7 Å². The fourth-order valence-electron chi connectivity index (χ4n) is 1.89. The van der Waals surface area contributed by atoms with Crippen molar-refractivity contribution in [1.29, 1.82) is 0 Å². The van der Waals surface area contributed by atoms with Crippen LogP contribution in [0.3, 0.4) is 0 Å². The molecule has 76 valence electrons. The van der Waals surface area contributed by atoms with E-state index in [2.05, 4.69) is 5.32 Å². The first kappa shape index (κ1) is 10.5. The van der Waals surface area contributed by atoms with E-state index in [4.69, 9.17) is 9.84 Å². The van der Waals surface area contributed by atoms with Crippen LogP contribution in [0.25, 0.3) is 0 Å². The number of rotatable bonds is 5. The highest BCUT2D eigenvalue weighted by atomic mass is 16.5. The van der Waals surface area contributed by atoms with Crippen LogP contribution in [0.5, 0.6) is 0 Å². The second-order valence-electron chi connectivity index (χ2n) is 3.59. The second-order valence-corrected chi connectivity index (χ2v) is 3.59. The van der Waals surface area contributed by atoms with Crippen LogP contribution in [0.1, 0.15) is 26.2 Å². The van der Waals surface area contributed by atoms with Crippen LogP contribution in [0.2, 0.25) is 0 Å². The van der Waals surface area contributed by atoms with Crippen LogP contribution in [0.15, 0.2) is 0 Å². The molecule has 0 aromatic heterocycles. The number of hydrogen-bond acceptors (Lipinski definition) is 3. The van der Waals surface area contributed by atoms with Crippen molar-refractivity contribution in [1.82, 2.24) is 5.32 Å². The quantitative estimate of drug-likeness (QED) is 0.662. The lowest BCUT2D eigenvalue weighted by Crippen LogP contribution is -2.58. The molecule has 13 heavy (non-hydrogen) atoms. The summed E-state index contributed by atoms with van der Waals surface area (Å²) < 4.78 is 5.38. The molecule has 4 heteroatoms. The van der Waals surface area contributed by atoms with Gasteiger partial charge >= 0.3 is 5.97 Å². The topological polar surface area (TPSA) is 58.6 Å². The molecule has 1 fully saturated rings. The van der Waals surface area contributed by atoms with Crippen LogP contribution < -0.4 is 5.32 Å². The van der Waals surface area contributed by atoms with E-state index in [0.29, 0.717) is 6.61 Å². The molecular weight excluding hydrogens is 170 g/mol. The fourth-order valence-corrected chi connectivity index (χ4v) is 1.89. The Morgan fingerprint density at radius 2 is 2.31 bits per heavy atom. The van der Waals surface area contributed by atoms with Crippen LogP contribution in [-0.2, 0) is 9.53 Å². The van der Waals surface area contributed by atoms with E-state index in [0.717, 1.165) is 12.8 Å². The fraction of sp³-hybridized carbons (Fsp3) is 0.889. The molecule has 1 aliphatic rings. The zero-order valence-electron chi connectivity index (χ0n) is 8.17. The Hall–Kier alpha value is -0.610. The second kappa shape index (κ2) is 4.07. The highest BCUT2D eigenvalue weighted by Gasteiger charge is 2.44. The third-order valence-electron chi connectivity index (χ3n) is 2.66. The third-order valence-corrected chi connectivity index (χ3v) is 2.66. The zero-order valence-corrected chi connectivity index (χ0v) is 8.17. The number of ether oxygens (including phenoxy) is 1. The van der Waals surface area contributed by atoms with Gasteiger partial charge in [-0.05, 0) is 26.8 Å². The summed E-state index contributed by atoms with van der Waals surface area (Å²) in [6, 6.07) is 0. The van der Waals surface area contributed by atoms with E-state index in [1.807, 2.05) is 14.0 Å². The van der Waals surface area contributed by atoms with Crippen molar-refractivity contribution >= 4 is 5.97 Å². The van der Waals surface area contributed by atoms with Crippen molar-refractivity contribution in [2.45, 2.75) is 37.8 Å². The number of hydrogen-bond donors (Lipinski definition) is 2. The van der Waals surface area contributed by atoms with Crippen molar-refractivity contribution in [2.24, 2.45) is 0 Å². The van der Waals surface area contributed by atoms with E-state index in [9.17, 15) is 4.79 Å². The van der Waals surface area contributed by atoms with Gasteiger partial charge in [0.05, 0.1) is 12.5 Å². The Morgan fingerprint density at radius 1 is 1.69 bits per heavy atom. The summed E-state index contributed by atoms with van der Waals surface area (Å²) in [5, 5.41) is 11.8. The minimum atomic E-state index is -0.746. The van der Waals surface area contributed by atoms with Crippen molar-refractivity contribution in [3.8, 4) is 0 Å². The first-order chi connectivity index (χ1) is 6.12. The lowest BCUT2D eigenvalue weighted by Gasteiger charge is -2.46. The van der Waals surface area contributed by atoms with Gasteiger partial charge in [0.2, 0.25) is 0 Å². The maximum atomic E-state index is 10.6. The van der Waals surface area contributed by atoms with Crippen LogP contribution in [-0.4, -0.2) is 36.4 Å². The molecule has 0 atom stereocenters. The van der Waals surface area contributed by atoms with Gasteiger partial charge in [-0.15, -0.1) is 0 Å². The van der Waals surface area contributed by atoms with Crippen molar-refractivity contribution in [3.05, 3.63) is 0 Å². The monoisotopic (exact) mass is 187 g/mol. The Morgan fingerprint density at radius 3 is 2.69 bits per heavy atom. The van der Waals surface area contributed by atoms with Gasteiger partial charge in [-0.3, -0.25) is 4.79 Å². The molecule has 0 spiro atoms. The minimum absolute atomic E-state index is 0.188. The summed E-state index contributed by atoms with van der Waals surface area (Å²) in [4.78, 5) is 10.6. The molecule has 0 bridgehead atoms. The highest BCUT2D eigenvalue weighted by Crippen LogP contribution is 2.36. The van der Waals surface area contributed by atoms with Crippen LogP contribution >= 0.6 is 0 Å². The Labute approximate surface area is 78.3 Å². The summed E-state index contributed by atoms with van der Waals surface area (Å²) >= 11 is 0. The molecular formula is C9H17NO3. The van der Waals surface area contributed by atoms with Crippen molar-refractivity contribution < 1.29 is 14.6 Å². The molecule has 1 aliphatic carbocycles. The predicted octanol–water partition coefficient (Wildman–Crippen LogP) is 0.618. The average molecular weight is 187 g/mol. The summed E-state index contributed by atoms with van der Waals surface area (Å²) in [6.45, 7) is 2.66. The third kappa shape index (κ3) is 2.42. The Balaban J connectivity index is 2.36. The van der Waals surface area contributed by atoms with E-state index in [-0.39, 0.29) is 18.1 Å². The summed E-state index contributed by atoms with van der Waals surface area (Å²) in [5.74, 6) is -0.746. The zero-order chi connectivity index (χ0) is 9.90. The number of aliphatic carboxylic acids is 1. The Bertz CT molecular complexity index is 187. The summed E-state index contributed by atoms with van der Waals surface area (Å²) in [7, 11) is 1.81. The molecule has 0 aromatic carbocycles. The van der Waals surface area contributed by atoms with E-state index in [1.165, 1.54) is 0 Å². The summed E-state index contributed by atoms with van der Waals surface area (Å²) in [6.07, 6.45) is 2.05. The van der Waals surface area contributed by atoms with E-state index >= 15 is 0 Å². The molecule has 0 aromatic rings.